The van der Waals surface area contributed by atoms with Crippen molar-refractivity contribution < 1.29 is 9.59 Å². The summed E-state index contributed by atoms with van der Waals surface area (Å²) in [7, 11) is 0. The topological polar surface area (TPSA) is 82.3 Å². The molecular formula is C14H19N3O3S. The van der Waals surface area contributed by atoms with E-state index < -0.39 is 11.6 Å². The van der Waals surface area contributed by atoms with Gasteiger partial charge in [-0.3, -0.25) is 14.4 Å². The van der Waals surface area contributed by atoms with Crippen molar-refractivity contribution >= 4 is 23.2 Å². The molecule has 0 bridgehead atoms. The molecule has 2 atom stereocenters. The molecule has 6 nitrogen and oxygen atoms in total. The van der Waals surface area contributed by atoms with Crippen LogP contribution in [0.25, 0.3) is 0 Å². The zero-order valence-electron chi connectivity index (χ0n) is 12.1. The Morgan fingerprint density at radius 3 is 2.62 bits per heavy atom. The van der Waals surface area contributed by atoms with Crippen molar-refractivity contribution in [2.45, 2.75) is 51.2 Å². The zero-order valence-corrected chi connectivity index (χ0v) is 13.0. The summed E-state index contributed by atoms with van der Waals surface area (Å²) < 4.78 is 0. The monoisotopic (exact) mass is 309 g/mol. The van der Waals surface area contributed by atoms with Crippen LogP contribution in [0.3, 0.4) is 0 Å². The molecule has 2 aliphatic rings. The molecule has 2 heterocycles. The number of piperazine rings is 1. The Bertz CT molecular complexity index is 633. The van der Waals surface area contributed by atoms with Crippen molar-refractivity contribution in [2.75, 3.05) is 0 Å². The molecule has 2 amide bonds. The Kier molecular flexibility index (Phi) is 3.39. The molecule has 0 radical (unpaired) electrons. The average Bonchev–Trinajstić information content (AvgIpc) is 3.21. The number of thiazole rings is 1. The Balaban J connectivity index is 1.90. The number of rotatable bonds is 4. The highest BCUT2D eigenvalue weighted by Gasteiger charge is 2.54. The van der Waals surface area contributed by atoms with Gasteiger partial charge in [-0.2, -0.15) is 0 Å². The highest BCUT2D eigenvalue weighted by Crippen LogP contribution is 2.42. The van der Waals surface area contributed by atoms with E-state index in [9.17, 15) is 14.4 Å². The van der Waals surface area contributed by atoms with Gasteiger partial charge in [0.1, 0.15) is 11.6 Å². The minimum absolute atomic E-state index is 0.0384. The van der Waals surface area contributed by atoms with E-state index in [0.29, 0.717) is 12.1 Å². The van der Waals surface area contributed by atoms with Crippen LogP contribution in [0.2, 0.25) is 0 Å². The lowest BCUT2D eigenvalue weighted by atomic mass is 9.88. The van der Waals surface area contributed by atoms with E-state index in [0.717, 1.165) is 24.2 Å². The van der Waals surface area contributed by atoms with Crippen LogP contribution in [0.1, 0.15) is 38.8 Å². The minimum Gasteiger partial charge on any atom is -0.340 e. The second-order valence-corrected chi connectivity index (χ2v) is 6.84. The van der Waals surface area contributed by atoms with Crippen molar-refractivity contribution in [3.8, 4) is 0 Å². The molecule has 1 aromatic rings. The van der Waals surface area contributed by atoms with Gasteiger partial charge in [0.05, 0.1) is 6.54 Å². The molecule has 7 heteroatoms. The fourth-order valence-electron chi connectivity index (χ4n) is 3.07. The molecule has 1 saturated heterocycles. The molecule has 1 aromatic heterocycles. The van der Waals surface area contributed by atoms with Crippen LogP contribution in [0.5, 0.6) is 0 Å². The van der Waals surface area contributed by atoms with Gasteiger partial charge < -0.3 is 15.2 Å². The summed E-state index contributed by atoms with van der Waals surface area (Å²) in [6, 6.07) is -0.465. The third-order valence-electron chi connectivity index (χ3n) is 4.46. The molecule has 0 spiro atoms. The smallest absolute Gasteiger partial charge is 0.304 e. The summed E-state index contributed by atoms with van der Waals surface area (Å²) >= 11 is 1.07. The Labute approximate surface area is 126 Å². The number of hydrogen-bond donors (Lipinski definition) is 2. The summed E-state index contributed by atoms with van der Waals surface area (Å²) in [6.45, 7) is 3.99. The van der Waals surface area contributed by atoms with Crippen molar-refractivity contribution in [3.05, 3.63) is 20.7 Å². The molecule has 2 N–H and O–H groups in total. The molecule has 2 unspecified atom stereocenters. The predicted molar refractivity (Wildman–Crippen MR) is 78.8 cm³/mol. The summed E-state index contributed by atoms with van der Waals surface area (Å²) in [5, 5.41) is 4.64. The fraction of sp³-hybridized carbons (Fsp3) is 0.643. The van der Waals surface area contributed by atoms with Crippen LogP contribution in [0.4, 0.5) is 0 Å². The van der Waals surface area contributed by atoms with Crippen molar-refractivity contribution in [2.24, 2.45) is 5.92 Å². The van der Waals surface area contributed by atoms with E-state index in [1.807, 2.05) is 13.8 Å². The number of carbonyl (C=O) groups excluding carboxylic acids is 2. The lowest BCUT2D eigenvalue weighted by molar-refractivity contribution is -0.156. The van der Waals surface area contributed by atoms with Gasteiger partial charge in [-0.05, 0) is 32.1 Å². The fourth-order valence-corrected chi connectivity index (χ4v) is 3.65. The lowest BCUT2D eigenvalue weighted by Crippen LogP contribution is -2.69. The van der Waals surface area contributed by atoms with Crippen LogP contribution < -0.4 is 10.2 Å². The largest absolute Gasteiger partial charge is 0.340 e. The van der Waals surface area contributed by atoms with Crippen LogP contribution >= 0.6 is 11.3 Å². The highest BCUT2D eigenvalue weighted by molar-refractivity contribution is 7.07. The molecule has 21 heavy (non-hydrogen) atoms. The van der Waals surface area contributed by atoms with Crippen LogP contribution in [0, 0.1) is 5.92 Å². The van der Waals surface area contributed by atoms with Gasteiger partial charge in [0.15, 0.2) is 0 Å². The highest BCUT2D eigenvalue weighted by atomic mass is 32.1. The van der Waals surface area contributed by atoms with Gasteiger partial charge in [0.25, 0.3) is 0 Å². The van der Waals surface area contributed by atoms with E-state index in [1.165, 1.54) is 0 Å². The van der Waals surface area contributed by atoms with Gasteiger partial charge in [-0.25, -0.2) is 0 Å². The summed E-state index contributed by atoms with van der Waals surface area (Å²) in [5.74, 6) is 0.100. The normalized spacial score (nSPS) is 29.6. The number of nitrogens with one attached hydrogen (secondary N) is 2. The van der Waals surface area contributed by atoms with E-state index in [2.05, 4.69) is 10.3 Å². The van der Waals surface area contributed by atoms with Gasteiger partial charge in [-0.15, -0.1) is 0 Å². The molecule has 2 fully saturated rings. The minimum atomic E-state index is -0.793. The van der Waals surface area contributed by atoms with Crippen LogP contribution in [-0.2, 0) is 16.1 Å². The first-order valence-electron chi connectivity index (χ1n) is 7.25. The van der Waals surface area contributed by atoms with Crippen LogP contribution in [0.15, 0.2) is 10.2 Å². The quantitative estimate of drug-likeness (QED) is 0.865. The number of aromatic nitrogens is 1. The number of H-pyrrole nitrogens is 1. The molecular weight excluding hydrogens is 290 g/mol. The number of amides is 2. The van der Waals surface area contributed by atoms with Crippen LogP contribution in [-0.4, -0.2) is 33.3 Å². The standard InChI is InChI=1S/C14H19N3O3S/c1-3-10-11(18)16-14(2,8-4-5-8)12(19)17(10)6-9-7-21-13(20)15-9/h7-8,10H,3-6H2,1-2H3,(H,15,20)(H,16,18). The van der Waals surface area contributed by atoms with Crippen molar-refractivity contribution in [1.82, 2.24) is 15.2 Å². The van der Waals surface area contributed by atoms with Crippen molar-refractivity contribution in [3.63, 3.8) is 0 Å². The number of carbonyl (C=O) groups is 2. The second kappa shape index (κ2) is 4.98. The van der Waals surface area contributed by atoms with E-state index in [1.54, 1.807) is 10.3 Å². The molecule has 0 aromatic carbocycles. The third-order valence-corrected chi connectivity index (χ3v) is 5.18. The number of hydrogen-bond acceptors (Lipinski definition) is 4. The third kappa shape index (κ3) is 2.39. The summed E-state index contributed by atoms with van der Waals surface area (Å²) in [4.78, 5) is 40.7. The lowest BCUT2D eigenvalue weighted by Gasteiger charge is -2.44. The second-order valence-electron chi connectivity index (χ2n) is 6.00. The summed E-state index contributed by atoms with van der Waals surface area (Å²) in [6.07, 6.45) is 2.51. The molecule has 1 aliphatic heterocycles. The molecule has 114 valence electrons. The SMILES string of the molecule is CCC1C(=O)NC(C)(C2CC2)C(=O)N1Cc1csc(=O)[nH]1. The van der Waals surface area contributed by atoms with Gasteiger partial charge in [0.2, 0.25) is 11.8 Å². The Hall–Kier alpha value is -1.63. The van der Waals surface area contributed by atoms with E-state index in [4.69, 9.17) is 0 Å². The number of aromatic amines is 1. The molecule has 1 aliphatic carbocycles. The molecule has 1 saturated carbocycles. The first-order chi connectivity index (χ1) is 9.95. The van der Waals surface area contributed by atoms with E-state index in [-0.39, 0.29) is 29.1 Å². The Morgan fingerprint density at radius 2 is 2.10 bits per heavy atom. The maximum Gasteiger partial charge on any atom is 0.304 e. The van der Waals surface area contributed by atoms with E-state index >= 15 is 0 Å². The predicted octanol–water partition coefficient (Wildman–Crippen LogP) is 0.842. The molecule has 3 rings (SSSR count). The van der Waals surface area contributed by atoms with Gasteiger partial charge >= 0.3 is 4.87 Å². The maximum atomic E-state index is 12.9. The first kappa shape index (κ1) is 14.3. The zero-order chi connectivity index (χ0) is 15.2. The summed E-state index contributed by atoms with van der Waals surface area (Å²) in [5.41, 5.74) is -0.108. The maximum absolute atomic E-state index is 12.9. The first-order valence-corrected chi connectivity index (χ1v) is 8.13. The van der Waals surface area contributed by atoms with Gasteiger partial charge in [-0.1, -0.05) is 18.3 Å². The number of nitrogens with zero attached hydrogens (tertiary/aromatic N) is 1. The Morgan fingerprint density at radius 1 is 1.38 bits per heavy atom. The average molecular weight is 309 g/mol. The van der Waals surface area contributed by atoms with Crippen molar-refractivity contribution in [1.29, 1.82) is 0 Å². The van der Waals surface area contributed by atoms with Gasteiger partial charge in [0, 0.05) is 11.1 Å².